The van der Waals surface area contributed by atoms with E-state index in [1.807, 2.05) is 16.8 Å². The van der Waals surface area contributed by atoms with E-state index in [9.17, 15) is 18.0 Å². The van der Waals surface area contributed by atoms with Crippen molar-refractivity contribution in [3.8, 4) is 5.75 Å². The molecule has 0 aliphatic carbocycles. The summed E-state index contributed by atoms with van der Waals surface area (Å²) in [6, 6.07) is 12.0. The number of carbonyl (C=O) groups excluding carboxylic acids is 1. The van der Waals surface area contributed by atoms with Gasteiger partial charge in [-0.25, -0.2) is 4.98 Å². The molecule has 1 amide bonds. The molecule has 0 atom stereocenters. The fourth-order valence-corrected chi connectivity index (χ4v) is 2.68. The molecule has 0 radical (unpaired) electrons. The lowest BCUT2D eigenvalue weighted by atomic mass is 10.1. The molecule has 0 aliphatic rings. The Morgan fingerprint density at radius 2 is 1.86 bits per heavy atom. The molecule has 0 aliphatic heterocycles. The molecule has 3 rings (SSSR count). The molecule has 9 heteroatoms. The SMILES string of the molecule is O=C(Nc1ccc(OC(F)(F)F)cc1)c1ccccc1NCCCn1ccnc1. The molecule has 1 aromatic heterocycles. The van der Waals surface area contributed by atoms with Gasteiger partial charge in [-0.05, 0) is 42.8 Å². The number of alkyl halides is 3. The second kappa shape index (κ2) is 9.13. The Morgan fingerprint density at radius 3 is 2.55 bits per heavy atom. The zero-order chi connectivity index (χ0) is 20.7. The Bertz CT molecular complexity index is 926. The monoisotopic (exact) mass is 404 g/mol. The molecular weight excluding hydrogens is 385 g/mol. The average molecular weight is 404 g/mol. The standard InChI is InChI=1S/C20H19F3N4O2/c21-20(22,23)29-16-8-6-15(7-9-16)26-19(28)17-4-1-2-5-18(17)25-10-3-12-27-13-11-24-14-27/h1-2,4-9,11,13-14,25H,3,10,12H2,(H,26,28). The number of halogens is 3. The van der Waals surface area contributed by atoms with E-state index < -0.39 is 6.36 Å². The number of hydrogen-bond donors (Lipinski definition) is 2. The van der Waals surface area contributed by atoms with Crippen LogP contribution in [0, 0.1) is 0 Å². The highest BCUT2D eigenvalue weighted by Crippen LogP contribution is 2.24. The van der Waals surface area contributed by atoms with Gasteiger partial charge in [-0.1, -0.05) is 12.1 Å². The minimum Gasteiger partial charge on any atom is -0.406 e. The number of carbonyl (C=O) groups is 1. The molecule has 2 aromatic carbocycles. The van der Waals surface area contributed by atoms with Crippen LogP contribution in [0.2, 0.25) is 0 Å². The number of amides is 1. The van der Waals surface area contributed by atoms with Crippen molar-refractivity contribution >= 4 is 17.3 Å². The fourth-order valence-electron chi connectivity index (χ4n) is 2.68. The molecule has 29 heavy (non-hydrogen) atoms. The number of aryl methyl sites for hydroxylation is 1. The number of anilines is 2. The summed E-state index contributed by atoms with van der Waals surface area (Å²) in [4.78, 5) is 16.6. The zero-order valence-corrected chi connectivity index (χ0v) is 15.3. The molecule has 0 unspecified atom stereocenters. The topological polar surface area (TPSA) is 68.2 Å². The number of imidazole rings is 1. The number of hydrogen-bond acceptors (Lipinski definition) is 4. The highest BCUT2D eigenvalue weighted by atomic mass is 19.4. The van der Waals surface area contributed by atoms with E-state index in [4.69, 9.17) is 0 Å². The molecule has 0 saturated carbocycles. The van der Waals surface area contributed by atoms with Crippen molar-refractivity contribution in [3.05, 3.63) is 72.8 Å². The van der Waals surface area contributed by atoms with Crippen molar-refractivity contribution in [2.45, 2.75) is 19.3 Å². The molecule has 0 fully saturated rings. The Morgan fingerprint density at radius 1 is 1.10 bits per heavy atom. The lowest BCUT2D eigenvalue weighted by Gasteiger charge is -2.13. The van der Waals surface area contributed by atoms with Crippen LogP contribution in [0.1, 0.15) is 16.8 Å². The van der Waals surface area contributed by atoms with Crippen LogP contribution in [-0.2, 0) is 6.54 Å². The summed E-state index contributed by atoms with van der Waals surface area (Å²) in [5, 5.41) is 5.91. The maximum atomic E-state index is 12.6. The Balaban J connectivity index is 1.57. The average Bonchev–Trinajstić information content (AvgIpc) is 3.19. The molecule has 6 nitrogen and oxygen atoms in total. The van der Waals surface area contributed by atoms with Crippen LogP contribution in [-0.4, -0.2) is 28.4 Å². The normalized spacial score (nSPS) is 11.1. The number of benzene rings is 2. The third-order valence-corrected chi connectivity index (χ3v) is 3.99. The van der Waals surface area contributed by atoms with Gasteiger partial charge in [0.25, 0.3) is 5.91 Å². The lowest BCUT2D eigenvalue weighted by molar-refractivity contribution is -0.274. The Kier molecular flexibility index (Phi) is 6.38. The Labute approximate surface area is 165 Å². The van der Waals surface area contributed by atoms with Crippen molar-refractivity contribution in [3.63, 3.8) is 0 Å². The molecule has 152 valence electrons. The summed E-state index contributed by atoms with van der Waals surface area (Å²) in [6.07, 6.45) is 1.42. The minimum absolute atomic E-state index is 0.351. The maximum absolute atomic E-state index is 12.6. The Hall–Kier alpha value is -3.49. The van der Waals surface area contributed by atoms with E-state index in [0.717, 1.165) is 25.1 Å². The summed E-state index contributed by atoms with van der Waals surface area (Å²) >= 11 is 0. The van der Waals surface area contributed by atoms with E-state index in [1.54, 1.807) is 30.7 Å². The third-order valence-electron chi connectivity index (χ3n) is 3.99. The van der Waals surface area contributed by atoms with Gasteiger partial charge in [-0.2, -0.15) is 0 Å². The second-order valence-corrected chi connectivity index (χ2v) is 6.15. The van der Waals surface area contributed by atoms with E-state index in [1.165, 1.54) is 12.1 Å². The van der Waals surface area contributed by atoms with Crippen LogP contribution < -0.4 is 15.4 Å². The molecule has 0 spiro atoms. The number of rotatable bonds is 8. The van der Waals surface area contributed by atoms with Crippen LogP contribution in [0.4, 0.5) is 24.5 Å². The fraction of sp³-hybridized carbons (Fsp3) is 0.200. The quantitative estimate of drug-likeness (QED) is 0.541. The van der Waals surface area contributed by atoms with Crippen LogP contribution in [0.3, 0.4) is 0 Å². The van der Waals surface area contributed by atoms with E-state index >= 15 is 0 Å². The number of ether oxygens (including phenoxy) is 1. The smallest absolute Gasteiger partial charge is 0.406 e. The van der Waals surface area contributed by atoms with Crippen LogP contribution in [0.15, 0.2) is 67.3 Å². The minimum atomic E-state index is -4.76. The zero-order valence-electron chi connectivity index (χ0n) is 15.3. The van der Waals surface area contributed by atoms with Crippen molar-refractivity contribution in [2.75, 3.05) is 17.2 Å². The van der Waals surface area contributed by atoms with E-state index in [2.05, 4.69) is 20.4 Å². The summed E-state index contributed by atoms with van der Waals surface area (Å²) in [5.74, 6) is -0.720. The molecule has 3 aromatic rings. The number of nitrogens with one attached hydrogen (secondary N) is 2. The molecule has 0 saturated heterocycles. The first-order valence-corrected chi connectivity index (χ1v) is 8.86. The van der Waals surface area contributed by atoms with Gasteiger partial charge in [0, 0.05) is 36.9 Å². The predicted octanol–water partition coefficient (Wildman–Crippen LogP) is 4.54. The van der Waals surface area contributed by atoms with Gasteiger partial charge in [0.1, 0.15) is 5.75 Å². The van der Waals surface area contributed by atoms with Crippen molar-refractivity contribution < 1.29 is 22.7 Å². The number of nitrogens with zero attached hydrogens (tertiary/aromatic N) is 2. The second-order valence-electron chi connectivity index (χ2n) is 6.15. The van der Waals surface area contributed by atoms with Crippen molar-refractivity contribution in [1.82, 2.24) is 9.55 Å². The van der Waals surface area contributed by atoms with Crippen LogP contribution >= 0.6 is 0 Å². The summed E-state index contributed by atoms with van der Waals surface area (Å²) in [7, 11) is 0. The summed E-state index contributed by atoms with van der Waals surface area (Å²) in [5.41, 5.74) is 1.47. The van der Waals surface area contributed by atoms with Crippen molar-refractivity contribution in [1.29, 1.82) is 0 Å². The van der Waals surface area contributed by atoms with Gasteiger partial charge >= 0.3 is 6.36 Å². The highest BCUT2D eigenvalue weighted by Gasteiger charge is 2.30. The number of aromatic nitrogens is 2. The van der Waals surface area contributed by atoms with E-state index in [-0.39, 0.29) is 11.7 Å². The van der Waals surface area contributed by atoms with Crippen LogP contribution in [0.25, 0.3) is 0 Å². The molecule has 2 N–H and O–H groups in total. The first-order chi connectivity index (χ1) is 13.9. The largest absolute Gasteiger partial charge is 0.573 e. The van der Waals surface area contributed by atoms with Crippen LogP contribution in [0.5, 0.6) is 5.75 Å². The van der Waals surface area contributed by atoms with Crippen molar-refractivity contribution in [2.24, 2.45) is 0 Å². The molecule has 1 heterocycles. The van der Waals surface area contributed by atoms with Gasteiger partial charge < -0.3 is 19.9 Å². The highest BCUT2D eigenvalue weighted by molar-refractivity contribution is 6.08. The maximum Gasteiger partial charge on any atom is 0.573 e. The predicted molar refractivity (Wildman–Crippen MR) is 103 cm³/mol. The first-order valence-electron chi connectivity index (χ1n) is 8.86. The summed E-state index contributed by atoms with van der Waals surface area (Å²) < 4.78 is 42.4. The van der Waals surface area contributed by atoms with E-state index in [0.29, 0.717) is 23.5 Å². The number of para-hydroxylation sites is 1. The van der Waals surface area contributed by atoms with Gasteiger partial charge in [0.15, 0.2) is 0 Å². The lowest BCUT2D eigenvalue weighted by Crippen LogP contribution is -2.17. The summed E-state index contributed by atoms with van der Waals surface area (Å²) in [6.45, 7) is 1.46. The molecule has 0 bridgehead atoms. The van der Waals surface area contributed by atoms with Gasteiger partial charge in [0.2, 0.25) is 0 Å². The molecular formula is C20H19F3N4O2. The third kappa shape index (κ3) is 6.27. The first kappa shape index (κ1) is 20.2. The van der Waals surface area contributed by atoms with Gasteiger partial charge in [0.05, 0.1) is 11.9 Å². The van der Waals surface area contributed by atoms with Gasteiger partial charge in [-0.3, -0.25) is 4.79 Å². The van der Waals surface area contributed by atoms with Gasteiger partial charge in [-0.15, -0.1) is 13.2 Å².